The first-order chi connectivity index (χ1) is 7.09. The summed E-state index contributed by atoms with van der Waals surface area (Å²) in [6.45, 7) is 0. The number of anilines is 1. The molecule has 0 saturated heterocycles. The third kappa shape index (κ3) is 1.73. The van der Waals surface area contributed by atoms with E-state index >= 15 is 0 Å². The summed E-state index contributed by atoms with van der Waals surface area (Å²) >= 11 is 11.8. The Morgan fingerprint density at radius 1 is 1.33 bits per heavy atom. The van der Waals surface area contributed by atoms with Crippen molar-refractivity contribution in [1.29, 1.82) is 0 Å². The Bertz CT molecular complexity index is 536. The lowest BCUT2D eigenvalue weighted by Gasteiger charge is -2.03. The van der Waals surface area contributed by atoms with Gasteiger partial charge in [-0.3, -0.25) is 5.32 Å². The van der Waals surface area contributed by atoms with E-state index in [0.29, 0.717) is 26.6 Å². The van der Waals surface area contributed by atoms with E-state index < -0.39 is 6.09 Å². The van der Waals surface area contributed by atoms with Gasteiger partial charge in [-0.2, -0.15) is 0 Å². The van der Waals surface area contributed by atoms with Crippen LogP contribution in [-0.4, -0.2) is 16.2 Å². The van der Waals surface area contributed by atoms with E-state index in [0.717, 1.165) is 0 Å². The third-order valence-corrected chi connectivity index (χ3v) is 2.59. The molecule has 6 heteroatoms. The molecule has 1 aromatic carbocycles. The molecule has 15 heavy (non-hydrogen) atoms. The number of aromatic nitrogens is 1. The maximum atomic E-state index is 10.5. The third-order valence-electron chi connectivity index (χ3n) is 1.98. The van der Waals surface area contributed by atoms with E-state index in [1.165, 1.54) is 0 Å². The topological polar surface area (TPSA) is 65.1 Å². The Morgan fingerprint density at radius 3 is 2.73 bits per heavy atom. The molecule has 0 radical (unpaired) electrons. The highest BCUT2D eigenvalue weighted by atomic mass is 35.5. The number of nitrogens with one attached hydrogen (secondary N) is 2. The molecule has 2 aromatic rings. The second-order valence-electron chi connectivity index (χ2n) is 2.91. The van der Waals surface area contributed by atoms with E-state index in [2.05, 4.69) is 10.3 Å². The number of aromatic amines is 1. The van der Waals surface area contributed by atoms with Gasteiger partial charge in [0.2, 0.25) is 0 Å². The molecule has 3 N–H and O–H groups in total. The summed E-state index contributed by atoms with van der Waals surface area (Å²) in [7, 11) is 0. The fraction of sp³-hybridized carbons (Fsp3) is 0. The smallest absolute Gasteiger partial charge is 0.409 e. The zero-order valence-electron chi connectivity index (χ0n) is 7.34. The van der Waals surface area contributed by atoms with Gasteiger partial charge >= 0.3 is 6.09 Å². The van der Waals surface area contributed by atoms with Crippen molar-refractivity contribution in [2.45, 2.75) is 0 Å². The summed E-state index contributed by atoms with van der Waals surface area (Å²) < 4.78 is 0. The van der Waals surface area contributed by atoms with Crippen molar-refractivity contribution in [2.24, 2.45) is 0 Å². The predicted molar refractivity (Wildman–Crippen MR) is 60.0 cm³/mol. The zero-order chi connectivity index (χ0) is 11.0. The Kier molecular flexibility index (Phi) is 2.46. The SMILES string of the molecule is O=C(O)Nc1ccc(Cl)c2c(Cl)c[nH]c12. The molecule has 1 aromatic heterocycles. The number of carbonyl (C=O) groups is 1. The van der Waals surface area contributed by atoms with Gasteiger partial charge in [0.25, 0.3) is 0 Å². The number of carboxylic acid groups (broad SMARTS) is 1. The lowest BCUT2D eigenvalue weighted by Crippen LogP contribution is -2.07. The number of halogens is 2. The van der Waals surface area contributed by atoms with Crippen LogP contribution >= 0.6 is 23.2 Å². The number of fused-ring (bicyclic) bond motifs is 1. The van der Waals surface area contributed by atoms with E-state index in [1.807, 2.05) is 0 Å². The van der Waals surface area contributed by atoms with Crippen LogP contribution in [-0.2, 0) is 0 Å². The fourth-order valence-electron chi connectivity index (χ4n) is 1.39. The van der Waals surface area contributed by atoms with Gasteiger partial charge in [0.1, 0.15) is 0 Å². The van der Waals surface area contributed by atoms with Crippen molar-refractivity contribution in [1.82, 2.24) is 4.98 Å². The quantitative estimate of drug-likeness (QED) is 0.718. The van der Waals surface area contributed by atoms with Crippen LogP contribution in [0.5, 0.6) is 0 Å². The van der Waals surface area contributed by atoms with E-state index in [9.17, 15) is 4.79 Å². The van der Waals surface area contributed by atoms with Gasteiger partial charge < -0.3 is 10.1 Å². The van der Waals surface area contributed by atoms with Crippen LogP contribution in [0.15, 0.2) is 18.3 Å². The van der Waals surface area contributed by atoms with Gasteiger partial charge in [-0.1, -0.05) is 23.2 Å². The molecule has 0 aliphatic heterocycles. The van der Waals surface area contributed by atoms with Crippen LogP contribution in [0.25, 0.3) is 10.9 Å². The minimum atomic E-state index is -1.13. The lowest BCUT2D eigenvalue weighted by atomic mass is 10.2. The normalized spacial score (nSPS) is 10.5. The van der Waals surface area contributed by atoms with Gasteiger partial charge in [-0.15, -0.1) is 0 Å². The largest absolute Gasteiger partial charge is 0.465 e. The second kappa shape index (κ2) is 3.64. The second-order valence-corrected chi connectivity index (χ2v) is 3.73. The van der Waals surface area contributed by atoms with Crippen LogP contribution in [0.1, 0.15) is 0 Å². The Labute approximate surface area is 94.8 Å². The summed E-state index contributed by atoms with van der Waals surface area (Å²) in [5.74, 6) is 0. The van der Waals surface area contributed by atoms with Crippen molar-refractivity contribution in [3.05, 3.63) is 28.4 Å². The summed E-state index contributed by atoms with van der Waals surface area (Å²) in [6, 6.07) is 3.17. The highest BCUT2D eigenvalue weighted by Gasteiger charge is 2.11. The molecule has 1 heterocycles. The van der Waals surface area contributed by atoms with Gasteiger partial charge in [0.05, 0.1) is 21.2 Å². The van der Waals surface area contributed by atoms with E-state index in [4.69, 9.17) is 28.3 Å². The average Bonchev–Trinajstić information content (AvgIpc) is 2.53. The number of hydrogen-bond donors (Lipinski definition) is 3. The molecule has 0 bridgehead atoms. The molecule has 2 rings (SSSR count). The first-order valence-corrected chi connectivity index (χ1v) is 4.80. The first kappa shape index (κ1) is 10.1. The Balaban J connectivity index is 2.67. The number of amides is 1. The van der Waals surface area contributed by atoms with Crippen LogP contribution in [0.4, 0.5) is 10.5 Å². The summed E-state index contributed by atoms with van der Waals surface area (Å²) in [5, 5.41) is 12.4. The summed E-state index contributed by atoms with van der Waals surface area (Å²) in [4.78, 5) is 13.4. The van der Waals surface area contributed by atoms with Crippen LogP contribution in [0, 0.1) is 0 Å². The number of H-pyrrole nitrogens is 1. The van der Waals surface area contributed by atoms with Gasteiger partial charge in [-0.25, -0.2) is 4.79 Å². The van der Waals surface area contributed by atoms with Crippen molar-refractivity contribution < 1.29 is 9.90 Å². The van der Waals surface area contributed by atoms with Crippen molar-refractivity contribution in [3.63, 3.8) is 0 Å². The average molecular weight is 245 g/mol. The van der Waals surface area contributed by atoms with E-state index in [1.54, 1.807) is 18.3 Å². The molecule has 0 aliphatic rings. The monoisotopic (exact) mass is 244 g/mol. The van der Waals surface area contributed by atoms with Gasteiger partial charge in [0.15, 0.2) is 0 Å². The number of rotatable bonds is 1. The molecule has 0 spiro atoms. The molecule has 0 aliphatic carbocycles. The van der Waals surface area contributed by atoms with Crippen LogP contribution in [0.2, 0.25) is 10.0 Å². The standard InChI is InChI=1S/C9H6Cl2N2O2/c10-4-1-2-6(13-9(14)15)8-7(4)5(11)3-12-8/h1-3,12-13H,(H,14,15). The lowest BCUT2D eigenvalue weighted by molar-refractivity contribution is 0.210. The van der Waals surface area contributed by atoms with Crippen molar-refractivity contribution in [3.8, 4) is 0 Å². The first-order valence-electron chi connectivity index (χ1n) is 4.04. The van der Waals surface area contributed by atoms with Crippen LogP contribution < -0.4 is 5.32 Å². The summed E-state index contributed by atoms with van der Waals surface area (Å²) in [5.41, 5.74) is 1.00. The molecule has 4 nitrogen and oxygen atoms in total. The van der Waals surface area contributed by atoms with Crippen LogP contribution in [0.3, 0.4) is 0 Å². The fourth-order valence-corrected chi connectivity index (χ4v) is 1.95. The van der Waals surface area contributed by atoms with E-state index in [-0.39, 0.29) is 0 Å². The summed E-state index contributed by atoms with van der Waals surface area (Å²) in [6.07, 6.45) is 0.426. The molecular weight excluding hydrogens is 239 g/mol. The maximum Gasteiger partial charge on any atom is 0.409 e. The van der Waals surface area contributed by atoms with Crippen molar-refractivity contribution >= 4 is 45.9 Å². The highest BCUT2D eigenvalue weighted by Crippen LogP contribution is 2.34. The molecule has 0 saturated carbocycles. The maximum absolute atomic E-state index is 10.5. The minimum absolute atomic E-state index is 0.425. The number of hydrogen-bond acceptors (Lipinski definition) is 1. The molecule has 0 fully saturated rings. The van der Waals surface area contributed by atoms with Gasteiger partial charge in [0, 0.05) is 11.6 Å². The Hall–Kier alpha value is -1.39. The zero-order valence-corrected chi connectivity index (χ0v) is 8.86. The molecule has 78 valence electrons. The highest BCUT2D eigenvalue weighted by molar-refractivity contribution is 6.42. The minimum Gasteiger partial charge on any atom is -0.465 e. The molecule has 1 amide bonds. The number of benzene rings is 1. The molecular formula is C9H6Cl2N2O2. The molecule has 0 atom stereocenters. The molecule has 0 unspecified atom stereocenters. The Morgan fingerprint density at radius 2 is 2.07 bits per heavy atom. The predicted octanol–water partition coefficient (Wildman–Crippen LogP) is 3.56. The van der Waals surface area contributed by atoms with Crippen molar-refractivity contribution in [2.75, 3.05) is 5.32 Å². The van der Waals surface area contributed by atoms with Gasteiger partial charge in [-0.05, 0) is 12.1 Å².